The van der Waals surface area contributed by atoms with Gasteiger partial charge in [0.05, 0.1) is 0 Å². The molecule has 0 unspecified atom stereocenters. The van der Waals surface area contributed by atoms with Crippen LogP contribution in [0.15, 0.2) is 21.3 Å². The highest BCUT2D eigenvalue weighted by atomic mass is 79.9. The first kappa shape index (κ1) is 9.86. The van der Waals surface area contributed by atoms with Gasteiger partial charge in [-0.25, -0.2) is 4.98 Å². The van der Waals surface area contributed by atoms with E-state index in [2.05, 4.69) is 36.8 Å². The van der Waals surface area contributed by atoms with Gasteiger partial charge < -0.3 is 0 Å². The van der Waals surface area contributed by atoms with E-state index in [1.807, 2.05) is 6.92 Å². The second kappa shape index (κ2) is 4.14. The number of ketones is 1. The molecule has 0 atom stereocenters. The zero-order valence-electron chi connectivity index (χ0n) is 6.47. The first-order valence-electron chi connectivity index (χ1n) is 3.49. The maximum absolute atomic E-state index is 11.3. The van der Waals surface area contributed by atoms with Crippen LogP contribution in [0, 0.1) is 0 Å². The van der Waals surface area contributed by atoms with Gasteiger partial charge in [-0.05, 0) is 37.9 Å². The summed E-state index contributed by atoms with van der Waals surface area (Å²) < 4.78 is 1.43. The lowest BCUT2D eigenvalue weighted by Crippen LogP contribution is -1.98. The van der Waals surface area contributed by atoms with Crippen LogP contribution in [0.2, 0.25) is 0 Å². The lowest BCUT2D eigenvalue weighted by molar-refractivity contribution is 0.0987. The number of carbonyl (C=O) groups excluding carboxylic acids is 1. The average Bonchev–Trinajstić information content (AvgIpc) is 2.08. The van der Waals surface area contributed by atoms with E-state index in [9.17, 15) is 4.79 Å². The van der Waals surface area contributed by atoms with Crippen LogP contribution in [0.4, 0.5) is 0 Å². The Labute approximate surface area is 87.6 Å². The molecule has 0 aromatic carbocycles. The average molecular weight is 293 g/mol. The Morgan fingerprint density at radius 3 is 2.83 bits per heavy atom. The first-order chi connectivity index (χ1) is 5.65. The molecule has 0 aliphatic carbocycles. The summed E-state index contributed by atoms with van der Waals surface area (Å²) in [6.45, 7) is 1.84. The number of carbonyl (C=O) groups is 1. The summed E-state index contributed by atoms with van der Waals surface area (Å²) in [6.07, 6.45) is 2.13. The summed E-state index contributed by atoms with van der Waals surface area (Å²) in [4.78, 5) is 15.3. The highest BCUT2D eigenvalue weighted by Gasteiger charge is 2.08. The third kappa shape index (κ3) is 2.14. The molecule has 1 aromatic heterocycles. The van der Waals surface area contributed by atoms with Crippen LogP contribution in [0.25, 0.3) is 0 Å². The number of Topliss-reactive ketones (excluding diaryl/α,β-unsaturated/α-hetero) is 1. The van der Waals surface area contributed by atoms with Gasteiger partial charge in [-0.1, -0.05) is 6.92 Å². The second-order valence-electron chi connectivity index (χ2n) is 2.26. The third-order valence-electron chi connectivity index (χ3n) is 1.44. The van der Waals surface area contributed by atoms with Crippen molar-refractivity contribution in [2.45, 2.75) is 13.3 Å². The van der Waals surface area contributed by atoms with Crippen LogP contribution in [-0.4, -0.2) is 10.8 Å². The van der Waals surface area contributed by atoms with Gasteiger partial charge >= 0.3 is 0 Å². The Hall–Kier alpha value is -0.220. The molecule has 0 N–H and O–H groups in total. The van der Waals surface area contributed by atoms with Crippen molar-refractivity contribution in [1.29, 1.82) is 0 Å². The summed E-state index contributed by atoms with van der Waals surface area (Å²) in [5.74, 6) is 0.116. The van der Waals surface area contributed by atoms with E-state index in [-0.39, 0.29) is 5.78 Å². The SMILES string of the molecule is CCC(=O)c1cc(Br)ncc1Br. The molecular weight excluding hydrogens is 286 g/mol. The van der Waals surface area contributed by atoms with Gasteiger partial charge in [-0.2, -0.15) is 0 Å². The molecule has 0 aliphatic rings. The molecule has 0 saturated carbocycles. The molecule has 1 aromatic rings. The van der Waals surface area contributed by atoms with E-state index >= 15 is 0 Å². The molecule has 0 bridgehead atoms. The fourth-order valence-electron chi connectivity index (χ4n) is 0.817. The minimum atomic E-state index is 0.116. The predicted octanol–water partition coefficient (Wildman–Crippen LogP) is 3.20. The minimum absolute atomic E-state index is 0.116. The number of halogens is 2. The van der Waals surface area contributed by atoms with E-state index in [0.717, 1.165) is 4.47 Å². The van der Waals surface area contributed by atoms with Gasteiger partial charge in [0.2, 0.25) is 0 Å². The zero-order chi connectivity index (χ0) is 9.14. The van der Waals surface area contributed by atoms with Crippen molar-refractivity contribution >= 4 is 37.6 Å². The molecule has 4 heteroatoms. The molecule has 0 saturated heterocycles. The first-order valence-corrected chi connectivity index (χ1v) is 5.08. The van der Waals surface area contributed by atoms with E-state index in [1.54, 1.807) is 12.3 Å². The van der Waals surface area contributed by atoms with Gasteiger partial charge in [0.15, 0.2) is 5.78 Å². The van der Waals surface area contributed by atoms with Crippen LogP contribution in [0.3, 0.4) is 0 Å². The van der Waals surface area contributed by atoms with Crippen LogP contribution in [-0.2, 0) is 0 Å². The smallest absolute Gasteiger partial charge is 0.163 e. The topological polar surface area (TPSA) is 30.0 Å². The van der Waals surface area contributed by atoms with Gasteiger partial charge in [0, 0.05) is 22.7 Å². The van der Waals surface area contributed by atoms with E-state index in [0.29, 0.717) is 16.6 Å². The lowest BCUT2D eigenvalue weighted by Gasteiger charge is -2.00. The molecule has 2 nitrogen and oxygen atoms in total. The van der Waals surface area contributed by atoms with E-state index < -0.39 is 0 Å². The van der Waals surface area contributed by atoms with Crippen LogP contribution >= 0.6 is 31.9 Å². The largest absolute Gasteiger partial charge is 0.294 e. The molecule has 0 spiro atoms. The van der Waals surface area contributed by atoms with Crippen LogP contribution < -0.4 is 0 Å². The molecule has 1 rings (SSSR count). The number of nitrogens with zero attached hydrogens (tertiary/aromatic N) is 1. The molecule has 0 fully saturated rings. The minimum Gasteiger partial charge on any atom is -0.294 e. The summed E-state index contributed by atoms with van der Waals surface area (Å²) in [7, 11) is 0. The van der Waals surface area contributed by atoms with Gasteiger partial charge in [0.1, 0.15) is 4.60 Å². The molecule has 1 heterocycles. The molecule has 0 aliphatic heterocycles. The summed E-state index contributed by atoms with van der Waals surface area (Å²) in [5, 5.41) is 0. The van der Waals surface area contributed by atoms with Crippen molar-refractivity contribution in [3.05, 3.63) is 26.9 Å². The number of hydrogen-bond acceptors (Lipinski definition) is 2. The van der Waals surface area contributed by atoms with E-state index in [4.69, 9.17) is 0 Å². The van der Waals surface area contributed by atoms with Gasteiger partial charge in [-0.3, -0.25) is 4.79 Å². The maximum atomic E-state index is 11.3. The standard InChI is InChI=1S/C8H7Br2NO/c1-2-7(12)5-3-8(10)11-4-6(5)9/h3-4H,2H2,1H3. The number of pyridine rings is 1. The molecule has 12 heavy (non-hydrogen) atoms. The summed E-state index contributed by atoms with van der Waals surface area (Å²) in [5.41, 5.74) is 0.680. The van der Waals surface area contributed by atoms with Crippen LogP contribution in [0.1, 0.15) is 23.7 Å². The Bertz CT molecular complexity index is 312. The maximum Gasteiger partial charge on any atom is 0.163 e. The highest BCUT2D eigenvalue weighted by Crippen LogP contribution is 2.20. The zero-order valence-corrected chi connectivity index (χ0v) is 9.65. The van der Waals surface area contributed by atoms with Crippen molar-refractivity contribution < 1.29 is 4.79 Å². The van der Waals surface area contributed by atoms with Crippen LogP contribution in [0.5, 0.6) is 0 Å². The Morgan fingerprint density at radius 1 is 1.58 bits per heavy atom. The number of rotatable bonds is 2. The molecule has 0 radical (unpaired) electrons. The van der Waals surface area contributed by atoms with Crippen molar-refractivity contribution in [3.8, 4) is 0 Å². The predicted molar refractivity (Wildman–Crippen MR) is 54.3 cm³/mol. The second-order valence-corrected chi connectivity index (χ2v) is 3.93. The summed E-state index contributed by atoms with van der Waals surface area (Å²) in [6, 6.07) is 1.72. The van der Waals surface area contributed by atoms with E-state index in [1.165, 1.54) is 0 Å². The third-order valence-corrected chi connectivity index (χ3v) is 2.51. The van der Waals surface area contributed by atoms with Gasteiger partial charge in [0.25, 0.3) is 0 Å². The lowest BCUT2D eigenvalue weighted by atomic mass is 10.1. The van der Waals surface area contributed by atoms with Crippen molar-refractivity contribution in [1.82, 2.24) is 4.98 Å². The van der Waals surface area contributed by atoms with Crippen molar-refractivity contribution in [2.75, 3.05) is 0 Å². The van der Waals surface area contributed by atoms with Gasteiger partial charge in [-0.15, -0.1) is 0 Å². The van der Waals surface area contributed by atoms with Crippen molar-refractivity contribution in [3.63, 3.8) is 0 Å². The van der Waals surface area contributed by atoms with Crippen molar-refractivity contribution in [2.24, 2.45) is 0 Å². The fourth-order valence-corrected chi connectivity index (χ4v) is 1.59. The highest BCUT2D eigenvalue weighted by molar-refractivity contribution is 9.11. The fraction of sp³-hybridized carbons (Fsp3) is 0.250. The Balaban J connectivity index is 3.13. The number of hydrogen-bond donors (Lipinski definition) is 0. The monoisotopic (exact) mass is 291 g/mol. The Morgan fingerprint density at radius 2 is 2.25 bits per heavy atom. The summed E-state index contributed by atoms with van der Waals surface area (Å²) >= 11 is 6.48. The Kier molecular flexibility index (Phi) is 3.40. The molecular formula is C8H7Br2NO. The normalized spacial score (nSPS) is 9.92. The number of aromatic nitrogens is 1. The molecule has 64 valence electrons. The molecule has 0 amide bonds. The quantitative estimate of drug-likeness (QED) is 0.619.